The minimum atomic E-state index is -0.364. The van der Waals surface area contributed by atoms with Gasteiger partial charge in [-0.3, -0.25) is 62.9 Å². The summed E-state index contributed by atoms with van der Waals surface area (Å²) in [6.07, 6.45) is 14.7. The van der Waals surface area contributed by atoms with Gasteiger partial charge in [0, 0.05) is 163 Å². The fourth-order valence-corrected chi connectivity index (χ4v) is 14.6. The Labute approximate surface area is 824 Å². The zero-order valence-corrected chi connectivity index (χ0v) is 82.6. The number of rotatable bonds is 22. The van der Waals surface area contributed by atoms with Crippen LogP contribution >= 0.6 is 0 Å². The largest absolute Gasteiger partial charge is 0.385 e. The standard InChI is InChI=1S/C25H29N5O2.C23H26N4O2.C23H25N3O2.C21H21N3O2.C20H21N5O2/c1-25(2,3)19-9-7-17(8-10-19)23(31)29-21-15-18(16-27-24(21)32)20-5-4-6-22(28-20)30-13-11-26-12-14-30;1-23(2,3)17-11-9-15(10-12-17)21(28)26-19-13-16(14-24-22(19)29)18-7-6-8-20(25-18)27(4)5;1-5-18-7-6-8-19(25-18)16-13-20(22(28)24-14-16)26-21(27)15-9-11-17(12-10-15)23(2,3)4;1-21(2,3)16-9-7-14(8-10-16)19(25)24-18-12-15(13-23-20(18)26)17-6-4-5-11-22-17;21-8-1-9-23-17-4-2-15(3-5-17)19(26)25-18-12-16(13-24-20(18)27)14-6-10-22-11-7-14/h4-10,15-16,26H,11-14H2,1-3H3,(H,27,32)(H,29,31);6-14H,1-5H3,(H,24,29)(H,26,28);6-14H,5H2,1-4H3,(H,24,28)(H,26,27);4-13H,1-3H3,(H,23,26)(H,24,25);2-7,10-13,23H,1,8-9,21H2,(H,24,27)(H,25,26). The van der Waals surface area contributed by atoms with Crippen molar-refractivity contribution in [1.29, 1.82) is 0 Å². The molecule has 30 heteroatoms. The smallest absolute Gasteiger partial charge is 0.271 e. The van der Waals surface area contributed by atoms with Crippen LogP contribution in [0.4, 0.5) is 45.8 Å². The summed E-state index contributed by atoms with van der Waals surface area (Å²) < 4.78 is 0. The van der Waals surface area contributed by atoms with Crippen molar-refractivity contribution in [2.24, 2.45) is 5.73 Å². The Morgan fingerprint density at radius 2 is 0.697 bits per heavy atom. The molecule has 10 aromatic heterocycles. The van der Waals surface area contributed by atoms with Gasteiger partial charge in [-0.1, -0.05) is 163 Å². The molecule has 1 saturated heterocycles. The maximum absolute atomic E-state index is 12.7. The molecular formula is C112H122N20O10. The number of aromatic amines is 5. The van der Waals surface area contributed by atoms with Crippen LogP contribution < -0.4 is 80.5 Å². The molecule has 14 N–H and O–H groups in total. The number of hydrogen-bond acceptors (Lipinski definition) is 20. The fraction of sp³-hybridized carbons (Fsp3) is 0.241. The summed E-state index contributed by atoms with van der Waals surface area (Å²) in [6.45, 7) is 32.5. The van der Waals surface area contributed by atoms with Crippen molar-refractivity contribution in [2.45, 2.75) is 125 Å². The molecule has 1 aliphatic heterocycles. The highest BCUT2D eigenvalue weighted by Gasteiger charge is 2.24. The minimum Gasteiger partial charge on any atom is -0.385 e. The molecule has 15 aromatic rings. The Balaban J connectivity index is 0.000000159. The Bertz CT molecular complexity index is 7200. The van der Waals surface area contributed by atoms with E-state index in [4.69, 9.17) is 10.7 Å². The number of carbonyl (C=O) groups excluding carboxylic acids is 5. The van der Waals surface area contributed by atoms with Crippen LogP contribution in [-0.4, -0.2) is 133 Å². The number of aryl methyl sites for hydroxylation is 1. The normalized spacial score (nSPS) is 11.8. The summed E-state index contributed by atoms with van der Waals surface area (Å²) >= 11 is 0. The Hall–Kier alpha value is -16.7. The van der Waals surface area contributed by atoms with Crippen LogP contribution in [-0.2, 0) is 28.1 Å². The van der Waals surface area contributed by atoms with E-state index in [-0.39, 0.29) is 107 Å². The first-order valence-electron chi connectivity index (χ1n) is 46.8. The summed E-state index contributed by atoms with van der Waals surface area (Å²) in [4.78, 5) is 164. The van der Waals surface area contributed by atoms with Gasteiger partial charge in [-0.2, -0.15) is 0 Å². The topological polar surface area (TPSA) is 431 Å². The molecule has 0 aliphatic carbocycles. The van der Waals surface area contributed by atoms with Gasteiger partial charge in [0.15, 0.2) is 0 Å². The maximum Gasteiger partial charge on any atom is 0.271 e. The highest BCUT2D eigenvalue weighted by atomic mass is 16.2. The summed E-state index contributed by atoms with van der Waals surface area (Å²) in [5.41, 5.74) is 21.1. The van der Waals surface area contributed by atoms with Gasteiger partial charge in [0.25, 0.3) is 57.3 Å². The van der Waals surface area contributed by atoms with Gasteiger partial charge in [0.2, 0.25) is 0 Å². The van der Waals surface area contributed by atoms with E-state index in [2.05, 4.69) is 170 Å². The minimum absolute atomic E-state index is 0.00668. The Kier molecular flexibility index (Phi) is 34.9. The van der Waals surface area contributed by atoms with E-state index in [0.29, 0.717) is 51.3 Å². The number of piperazine rings is 1. The third kappa shape index (κ3) is 29.2. The number of hydrogen-bond donors (Lipinski definition) is 13. The van der Waals surface area contributed by atoms with Crippen LogP contribution in [0.5, 0.6) is 0 Å². The molecule has 1 fully saturated rings. The monoisotopic (exact) mass is 1910 g/mol. The average molecular weight is 1910 g/mol. The molecule has 0 atom stereocenters. The summed E-state index contributed by atoms with van der Waals surface area (Å²) in [5.74, 6) is 0.0603. The molecule has 5 amide bonds. The molecule has 1 aliphatic rings. The second-order valence-corrected chi connectivity index (χ2v) is 38.1. The first-order valence-corrected chi connectivity index (χ1v) is 46.8. The number of carbonyl (C=O) groups is 5. The van der Waals surface area contributed by atoms with Gasteiger partial charge in [0.05, 0.1) is 22.8 Å². The summed E-state index contributed by atoms with van der Waals surface area (Å²) in [5, 5.41) is 20.1. The van der Waals surface area contributed by atoms with Gasteiger partial charge < -0.3 is 77.7 Å². The highest BCUT2D eigenvalue weighted by Crippen LogP contribution is 2.31. The molecule has 5 aromatic carbocycles. The fourth-order valence-electron chi connectivity index (χ4n) is 14.6. The molecular weight excluding hydrogens is 1790 g/mol. The lowest BCUT2D eigenvalue weighted by Crippen LogP contribution is -2.43. The van der Waals surface area contributed by atoms with Crippen molar-refractivity contribution in [1.82, 2.24) is 55.2 Å². The molecule has 30 nitrogen and oxygen atoms in total. The molecule has 730 valence electrons. The first-order chi connectivity index (χ1) is 67.7. The molecule has 0 radical (unpaired) electrons. The van der Waals surface area contributed by atoms with Crippen molar-refractivity contribution < 1.29 is 24.0 Å². The van der Waals surface area contributed by atoms with Crippen molar-refractivity contribution in [3.63, 3.8) is 0 Å². The number of nitrogens with zero attached hydrogens (tertiary/aromatic N) is 7. The third-order valence-corrected chi connectivity index (χ3v) is 23.1. The summed E-state index contributed by atoms with van der Waals surface area (Å²) in [6, 6.07) is 71.5. The molecule has 11 heterocycles. The number of anilines is 8. The maximum atomic E-state index is 12.7. The van der Waals surface area contributed by atoms with Crippen LogP contribution in [0, 0.1) is 0 Å². The summed E-state index contributed by atoms with van der Waals surface area (Å²) in [7, 11) is 3.82. The predicted molar refractivity (Wildman–Crippen MR) is 569 cm³/mol. The molecule has 0 unspecified atom stereocenters. The number of nitrogens with two attached hydrogens (primary N) is 1. The number of benzene rings is 5. The SMILES string of the molecule is CC(C)(C)c1ccc(C(=O)Nc2cc(-c3cccc(N4CCNCC4)n3)c[nH]c2=O)cc1.CC(C)(C)c1ccc(C(=O)Nc2cc(-c3ccccn3)c[nH]c2=O)cc1.CCc1cccc(-c2c[nH]c(=O)c(NC(=O)c3ccc(C(C)(C)C)cc3)c2)n1.CN(C)c1cccc(-c2c[nH]c(=O)c(NC(=O)c3ccc(C(C)(C)C)cc3)c2)n1.NCCCNc1ccc(C(=O)Nc2cc(-c3ccncc3)c[nH]c2=O)cc1. The van der Waals surface area contributed by atoms with Crippen LogP contribution in [0.3, 0.4) is 0 Å². The van der Waals surface area contributed by atoms with Crippen LogP contribution in [0.2, 0.25) is 0 Å². The van der Waals surface area contributed by atoms with Crippen LogP contribution in [0.25, 0.3) is 56.2 Å². The second-order valence-electron chi connectivity index (χ2n) is 38.1. The van der Waals surface area contributed by atoms with E-state index in [1.54, 1.807) is 141 Å². The molecule has 0 saturated carbocycles. The van der Waals surface area contributed by atoms with Gasteiger partial charge in [0.1, 0.15) is 40.1 Å². The highest BCUT2D eigenvalue weighted by molar-refractivity contribution is 6.07. The zero-order valence-electron chi connectivity index (χ0n) is 82.6. The number of H-pyrrole nitrogens is 5. The van der Waals surface area contributed by atoms with E-state index in [9.17, 15) is 47.9 Å². The number of nitrogens with one attached hydrogen (secondary N) is 12. The zero-order chi connectivity index (χ0) is 102. The lowest BCUT2D eigenvalue weighted by Gasteiger charge is -2.28. The quantitative estimate of drug-likeness (QED) is 0.0280. The lowest BCUT2D eigenvalue weighted by atomic mass is 9.86. The second kappa shape index (κ2) is 47.6. The van der Waals surface area contributed by atoms with Gasteiger partial charge in [-0.05, 0) is 233 Å². The van der Waals surface area contributed by atoms with E-state index >= 15 is 0 Å². The van der Waals surface area contributed by atoms with Gasteiger partial charge in [-0.25, -0.2) is 9.97 Å². The van der Waals surface area contributed by atoms with Gasteiger partial charge in [-0.15, -0.1) is 0 Å². The van der Waals surface area contributed by atoms with Gasteiger partial charge >= 0.3 is 0 Å². The van der Waals surface area contributed by atoms with E-state index in [1.165, 1.54) is 0 Å². The van der Waals surface area contributed by atoms with Crippen molar-refractivity contribution >= 4 is 75.3 Å². The van der Waals surface area contributed by atoms with Crippen LogP contribution in [0.15, 0.2) is 310 Å². The number of aromatic nitrogens is 10. The van der Waals surface area contributed by atoms with Crippen molar-refractivity contribution in [3.05, 3.63) is 394 Å². The van der Waals surface area contributed by atoms with Crippen LogP contribution in [0.1, 0.15) is 176 Å². The molecule has 142 heavy (non-hydrogen) atoms. The molecule has 16 rings (SSSR count). The molecule has 0 bridgehead atoms. The lowest BCUT2D eigenvalue weighted by molar-refractivity contribution is 0.101. The Morgan fingerprint density at radius 3 is 1.05 bits per heavy atom. The third-order valence-electron chi connectivity index (χ3n) is 23.1. The predicted octanol–water partition coefficient (Wildman–Crippen LogP) is 18.4. The average Bonchev–Trinajstić information content (AvgIpc) is 0.838. The first kappa shape index (κ1) is 104. The van der Waals surface area contributed by atoms with Crippen molar-refractivity contribution in [2.75, 3.05) is 95.1 Å². The Morgan fingerprint density at radius 1 is 0.366 bits per heavy atom. The molecule has 0 spiro atoms. The van der Waals surface area contributed by atoms with E-state index in [1.807, 2.05) is 172 Å². The van der Waals surface area contributed by atoms with Crippen molar-refractivity contribution in [3.8, 4) is 56.2 Å². The van der Waals surface area contributed by atoms with E-state index in [0.717, 1.165) is 130 Å². The number of pyridine rings is 10. The van der Waals surface area contributed by atoms with E-state index < -0.39 is 0 Å². The number of amides is 5.